The maximum absolute atomic E-state index is 13.2. The zero-order valence-corrected chi connectivity index (χ0v) is 20.9. The summed E-state index contributed by atoms with van der Waals surface area (Å²) in [6, 6.07) is 3.89. The minimum atomic E-state index is -0.447. The second kappa shape index (κ2) is 10.7. The summed E-state index contributed by atoms with van der Waals surface area (Å²) in [5, 5.41) is 12.4. The molecule has 0 saturated heterocycles. The molecule has 0 unspecified atom stereocenters. The number of carbonyl (C=O) groups is 2. The Labute approximate surface area is 208 Å². The number of nitrogens with zero attached hydrogens (tertiary/aromatic N) is 3. The number of aryl methyl sites for hydroxylation is 1. The highest BCUT2D eigenvalue weighted by atomic mass is 35.5. The van der Waals surface area contributed by atoms with Crippen LogP contribution in [-0.2, 0) is 35.5 Å². The maximum atomic E-state index is 13.2. The van der Waals surface area contributed by atoms with Gasteiger partial charge in [-0.05, 0) is 49.9 Å². The van der Waals surface area contributed by atoms with Crippen molar-refractivity contribution in [3.05, 3.63) is 50.9 Å². The molecule has 0 bridgehead atoms. The third-order valence-corrected chi connectivity index (χ3v) is 7.73. The predicted octanol–water partition coefficient (Wildman–Crippen LogP) is 4.74. The first kappa shape index (κ1) is 24.5. The molecule has 34 heavy (non-hydrogen) atoms. The number of fused-ring (bicyclic) bond motifs is 1. The smallest absolute Gasteiger partial charge is 0.341 e. The lowest BCUT2D eigenvalue weighted by Gasteiger charge is -2.10. The normalized spacial score (nSPS) is 12.5. The number of esters is 1. The quantitative estimate of drug-likeness (QED) is 0.319. The van der Waals surface area contributed by atoms with Gasteiger partial charge in [0, 0.05) is 11.4 Å². The molecule has 0 fully saturated rings. The van der Waals surface area contributed by atoms with Crippen LogP contribution < -0.4 is 10.1 Å². The van der Waals surface area contributed by atoms with Crippen molar-refractivity contribution >= 4 is 51.6 Å². The fraction of sp³-hybridized carbons (Fsp3) is 0.364. The summed E-state index contributed by atoms with van der Waals surface area (Å²) in [7, 11) is 1.34. The van der Waals surface area contributed by atoms with E-state index in [1.807, 2.05) is 11.5 Å². The molecule has 4 rings (SSSR count). The van der Waals surface area contributed by atoms with Crippen molar-refractivity contribution in [1.29, 1.82) is 0 Å². The highest BCUT2D eigenvalue weighted by Crippen LogP contribution is 2.39. The number of nitrogens with one attached hydrogen (secondary N) is 1. The molecule has 1 aliphatic carbocycles. The topological polar surface area (TPSA) is 95.3 Å². The van der Waals surface area contributed by atoms with Crippen LogP contribution in [-0.4, -0.2) is 39.5 Å². The monoisotopic (exact) mass is 524 g/mol. The number of hydrogen-bond acceptors (Lipinski definition) is 8. The van der Waals surface area contributed by atoms with Crippen molar-refractivity contribution in [3.8, 4) is 5.75 Å². The summed E-state index contributed by atoms with van der Waals surface area (Å²) in [6.07, 6.45) is 2.72. The molecule has 1 amide bonds. The van der Waals surface area contributed by atoms with Crippen molar-refractivity contribution in [2.45, 2.75) is 44.5 Å². The van der Waals surface area contributed by atoms with Crippen molar-refractivity contribution in [3.63, 3.8) is 0 Å². The van der Waals surface area contributed by atoms with Gasteiger partial charge in [-0.15, -0.1) is 21.5 Å². The zero-order valence-electron chi connectivity index (χ0n) is 18.5. The van der Waals surface area contributed by atoms with Crippen LogP contribution in [0.2, 0.25) is 5.02 Å². The minimum Gasteiger partial charge on any atom is -0.484 e. The molecule has 12 heteroatoms. The number of ether oxygens (including phenoxy) is 2. The van der Waals surface area contributed by atoms with Crippen LogP contribution in [0.1, 0.15) is 40.0 Å². The number of halogens is 2. The third kappa shape index (κ3) is 5.21. The number of aromatic nitrogens is 3. The summed E-state index contributed by atoms with van der Waals surface area (Å²) in [5.74, 6) is -0.154. The number of thiophene rings is 1. The summed E-state index contributed by atoms with van der Waals surface area (Å²) in [5.41, 5.74) is 1.45. The number of amides is 1. The molecular formula is C22H22ClFN4O4S2. The number of anilines is 1. The molecule has 8 nitrogen and oxygen atoms in total. The van der Waals surface area contributed by atoms with Crippen LogP contribution in [0.4, 0.5) is 9.39 Å². The number of thioether (sulfide) groups is 1. The predicted molar refractivity (Wildman–Crippen MR) is 128 cm³/mol. The number of methoxy groups -OCH3 is 1. The van der Waals surface area contributed by atoms with Gasteiger partial charge in [0.15, 0.2) is 11.0 Å². The van der Waals surface area contributed by atoms with E-state index in [0.29, 0.717) is 33.8 Å². The molecule has 1 aliphatic rings. The van der Waals surface area contributed by atoms with Gasteiger partial charge in [0.1, 0.15) is 23.2 Å². The van der Waals surface area contributed by atoms with Crippen LogP contribution in [0.25, 0.3) is 0 Å². The summed E-state index contributed by atoms with van der Waals surface area (Å²) >= 11 is 8.67. The molecule has 2 aromatic heterocycles. The van der Waals surface area contributed by atoms with Gasteiger partial charge < -0.3 is 19.4 Å². The van der Waals surface area contributed by atoms with Gasteiger partial charge in [0.05, 0.1) is 23.4 Å². The Morgan fingerprint density at radius 2 is 2.15 bits per heavy atom. The second-order valence-electron chi connectivity index (χ2n) is 7.40. The molecule has 0 atom stereocenters. The molecule has 180 valence electrons. The fourth-order valence-electron chi connectivity index (χ4n) is 3.69. The van der Waals surface area contributed by atoms with E-state index in [9.17, 15) is 14.0 Å². The van der Waals surface area contributed by atoms with Crippen molar-refractivity contribution in [2.75, 3.05) is 18.2 Å². The summed E-state index contributed by atoms with van der Waals surface area (Å²) < 4.78 is 25.6. The van der Waals surface area contributed by atoms with Gasteiger partial charge in [-0.3, -0.25) is 4.79 Å². The third-order valence-electron chi connectivity index (χ3n) is 5.26. The van der Waals surface area contributed by atoms with Gasteiger partial charge >= 0.3 is 5.97 Å². The minimum absolute atomic E-state index is 0.0855. The molecule has 0 spiro atoms. The Hall–Kier alpha value is -2.63. The van der Waals surface area contributed by atoms with Crippen LogP contribution in [0.15, 0.2) is 23.4 Å². The summed E-state index contributed by atoms with van der Waals surface area (Å²) in [4.78, 5) is 26.0. The number of benzene rings is 1. The first-order valence-corrected chi connectivity index (χ1v) is 12.7. The van der Waals surface area contributed by atoms with Crippen LogP contribution in [0.3, 0.4) is 0 Å². The van der Waals surface area contributed by atoms with Gasteiger partial charge in [-0.1, -0.05) is 23.4 Å². The number of rotatable bonds is 9. The average molecular weight is 525 g/mol. The van der Waals surface area contributed by atoms with E-state index in [1.54, 1.807) is 0 Å². The lowest BCUT2D eigenvalue weighted by atomic mass is 10.1. The standard InChI is InChI=1S/C22H22ClFN4O4S2/c1-3-28-17(10-32-15-8-7-12(24)9-14(15)23)26-27-22(28)33-11-18(29)25-20-19(21(30)31-2)13-5-4-6-16(13)34-20/h7-9H,3-6,10-11H2,1-2H3,(H,25,29). The number of carbonyl (C=O) groups excluding carboxylic acids is 2. The van der Waals surface area contributed by atoms with E-state index in [1.165, 1.54) is 48.4 Å². The molecule has 1 aromatic carbocycles. The maximum Gasteiger partial charge on any atom is 0.341 e. The Balaban J connectivity index is 1.39. The zero-order chi connectivity index (χ0) is 24.2. The fourth-order valence-corrected chi connectivity index (χ4v) is 6.02. The van der Waals surface area contributed by atoms with E-state index in [4.69, 9.17) is 21.1 Å². The van der Waals surface area contributed by atoms with E-state index in [2.05, 4.69) is 15.5 Å². The molecule has 3 aromatic rings. The van der Waals surface area contributed by atoms with Gasteiger partial charge in [-0.2, -0.15) is 0 Å². The Kier molecular flexibility index (Phi) is 7.74. The highest BCUT2D eigenvalue weighted by Gasteiger charge is 2.28. The van der Waals surface area contributed by atoms with Crippen LogP contribution >= 0.6 is 34.7 Å². The molecule has 2 heterocycles. The molecule has 0 radical (unpaired) electrons. The van der Waals surface area contributed by atoms with Gasteiger partial charge in [-0.25, -0.2) is 9.18 Å². The van der Waals surface area contributed by atoms with E-state index < -0.39 is 11.8 Å². The molecule has 0 saturated carbocycles. The van der Waals surface area contributed by atoms with Crippen molar-refractivity contribution in [1.82, 2.24) is 14.8 Å². The van der Waals surface area contributed by atoms with Crippen LogP contribution in [0, 0.1) is 5.82 Å². The van der Waals surface area contributed by atoms with Gasteiger partial charge in [0.25, 0.3) is 0 Å². The highest BCUT2D eigenvalue weighted by molar-refractivity contribution is 7.99. The lowest BCUT2D eigenvalue weighted by Crippen LogP contribution is -2.17. The first-order valence-electron chi connectivity index (χ1n) is 10.6. The average Bonchev–Trinajstić information content (AvgIpc) is 3.50. The van der Waals surface area contributed by atoms with Crippen molar-refractivity contribution in [2.24, 2.45) is 0 Å². The first-order chi connectivity index (χ1) is 16.4. The largest absolute Gasteiger partial charge is 0.484 e. The van der Waals surface area contributed by atoms with E-state index >= 15 is 0 Å². The van der Waals surface area contributed by atoms with Crippen molar-refractivity contribution < 1.29 is 23.5 Å². The Morgan fingerprint density at radius 1 is 1.32 bits per heavy atom. The molecule has 1 N–H and O–H groups in total. The Morgan fingerprint density at radius 3 is 2.88 bits per heavy atom. The second-order valence-corrected chi connectivity index (χ2v) is 9.85. The molecular weight excluding hydrogens is 503 g/mol. The van der Waals surface area contributed by atoms with Gasteiger partial charge in [0.2, 0.25) is 5.91 Å². The number of hydrogen-bond donors (Lipinski definition) is 1. The van der Waals surface area contributed by atoms with Crippen LogP contribution in [0.5, 0.6) is 5.75 Å². The molecule has 0 aliphatic heterocycles. The SMILES string of the molecule is CCn1c(COc2ccc(F)cc2Cl)nnc1SCC(=O)Nc1sc2c(c1C(=O)OC)CCC2. The van der Waals surface area contributed by atoms with E-state index in [-0.39, 0.29) is 23.3 Å². The summed E-state index contributed by atoms with van der Waals surface area (Å²) in [6.45, 7) is 2.58. The lowest BCUT2D eigenvalue weighted by molar-refractivity contribution is -0.113. The van der Waals surface area contributed by atoms with E-state index in [0.717, 1.165) is 29.7 Å². The Bertz CT molecular complexity index is 1230.